The molecule has 1 atom stereocenters. The zero-order chi connectivity index (χ0) is 24.2. The Morgan fingerprint density at radius 2 is 1.63 bits per heavy atom. The minimum atomic E-state index is -1.49. The molecular formula is C27H25FN4O2S. The molecule has 1 saturated heterocycles. The van der Waals surface area contributed by atoms with E-state index < -0.39 is 11.0 Å². The summed E-state index contributed by atoms with van der Waals surface area (Å²) in [7, 11) is -1.49. The Bertz CT molecular complexity index is 1350. The van der Waals surface area contributed by atoms with Crippen molar-refractivity contribution in [1.82, 2.24) is 14.8 Å². The second-order valence-electron chi connectivity index (χ2n) is 8.47. The van der Waals surface area contributed by atoms with Crippen molar-refractivity contribution in [3.63, 3.8) is 0 Å². The predicted octanol–water partition coefficient (Wildman–Crippen LogP) is 4.47. The van der Waals surface area contributed by atoms with Crippen molar-refractivity contribution >= 4 is 33.5 Å². The monoisotopic (exact) mass is 488 g/mol. The number of hydrogen-bond donors (Lipinski definition) is 1. The van der Waals surface area contributed by atoms with E-state index in [0.717, 1.165) is 30.6 Å². The number of pyridine rings is 1. The van der Waals surface area contributed by atoms with Gasteiger partial charge in [0.15, 0.2) is 11.0 Å². The van der Waals surface area contributed by atoms with Gasteiger partial charge in [-0.3, -0.25) is 14.7 Å². The molecule has 5 rings (SSSR count). The molecule has 178 valence electrons. The van der Waals surface area contributed by atoms with Crippen LogP contribution in [0.5, 0.6) is 0 Å². The Kier molecular flexibility index (Phi) is 6.83. The van der Waals surface area contributed by atoms with Crippen LogP contribution in [0, 0.1) is 5.82 Å². The first-order valence-corrected chi connectivity index (χ1v) is 12.6. The van der Waals surface area contributed by atoms with Crippen LogP contribution in [0.2, 0.25) is 0 Å². The quantitative estimate of drug-likeness (QED) is 0.435. The number of halogens is 1. The van der Waals surface area contributed by atoms with Gasteiger partial charge in [0.2, 0.25) is 0 Å². The smallest absolute Gasteiger partial charge is 0.253 e. The van der Waals surface area contributed by atoms with Crippen molar-refractivity contribution in [2.24, 2.45) is 0 Å². The number of benzene rings is 3. The largest absolute Gasteiger partial charge is 0.336 e. The van der Waals surface area contributed by atoms with E-state index in [2.05, 4.69) is 14.6 Å². The summed E-state index contributed by atoms with van der Waals surface area (Å²) >= 11 is 0. The lowest BCUT2D eigenvalue weighted by Gasteiger charge is -2.34. The Labute approximate surface area is 206 Å². The summed E-state index contributed by atoms with van der Waals surface area (Å²) in [5.41, 5.74) is 3.02. The summed E-state index contributed by atoms with van der Waals surface area (Å²) in [4.78, 5) is 22.1. The third-order valence-corrected chi connectivity index (χ3v) is 7.27. The molecule has 0 spiro atoms. The van der Waals surface area contributed by atoms with Crippen molar-refractivity contribution in [1.29, 1.82) is 0 Å². The maximum Gasteiger partial charge on any atom is 0.253 e. The molecule has 0 radical (unpaired) electrons. The number of carbonyl (C=O) groups excluding carboxylic acids is 1. The van der Waals surface area contributed by atoms with E-state index in [1.807, 2.05) is 29.2 Å². The number of hydrogen-bond acceptors (Lipinski definition) is 4. The lowest BCUT2D eigenvalue weighted by Crippen LogP contribution is -2.48. The van der Waals surface area contributed by atoms with Gasteiger partial charge in [-0.05, 0) is 54.1 Å². The number of rotatable bonds is 6. The van der Waals surface area contributed by atoms with Crippen LogP contribution in [0.25, 0.3) is 10.9 Å². The van der Waals surface area contributed by atoms with Gasteiger partial charge in [0, 0.05) is 55.6 Å². The van der Waals surface area contributed by atoms with Gasteiger partial charge in [-0.1, -0.05) is 30.3 Å². The number of piperazine rings is 1. The van der Waals surface area contributed by atoms with Crippen LogP contribution in [0.1, 0.15) is 15.9 Å². The second kappa shape index (κ2) is 10.3. The molecule has 3 aromatic carbocycles. The van der Waals surface area contributed by atoms with Crippen LogP contribution < -0.4 is 4.72 Å². The minimum Gasteiger partial charge on any atom is -0.336 e. The van der Waals surface area contributed by atoms with Crippen molar-refractivity contribution in [3.8, 4) is 0 Å². The molecule has 8 heteroatoms. The van der Waals surface area contributed by atoms with Gasteiger partial charge in [0.1, 0.15) is 5.82 Å². The first-order chi connectivity index (χ1) is 17.1. The van der Waals surface area contributed by atoms with Gasteiger partial charge >= 0.3 is 0 Å². The fourth-order valence-corrected chi connectivity index (χ4v) is 5.22. The van der Waals surface area contributed by atoms with E-state index >= 15 is 0 Å². The van der Waals surface area contributed by atoms with Gasteiger partial charge in [-0.15, -0.1) is 0 Å². The molecule has 0 aliphatic carbocycles. The molecule has 1 amide bonds. The van der Waals surface area contributed by atoms with E-state index in [4.69, 9.17) is 0 Å². The van der Waals surface area contributed by atoms with E-state index in [1.165, 1.54) is 12.1 Å². The van der Waals surface area contributed by atoms with Gasteiger partial charge < -0.3 is 9.62 Å². The van der Waals surface area contributed by atoms with Gasteiger partial charge in [0.05, 0.1) is 10.4 Å². The molecule has 4 aromatic rings. The highest BCUT2D eigenvalue weighted by Crippen LogP contribution is 2.21. The molecule has 0 saturated carbocycles. The topological polar surface area (TPSA) is 65.5 Å². The van der Waals surface area contributed by atoms with Crippen LogP contribution >= 0.6 is 0 Å². The van der Waals surface area contributed by atoms with E-state index in [0.29, 0.717) is 34.8 Å². The van der Waals surface area contributed by atoms with Crippen molar-refractivity contribution in [2.75, 3.05) is 30.9 Å². The van der Waals surface area contributed by atoms with Crippen molar-refractivity contribution < 1.29 is 13.4 Å². The van der Waals surface area contributed by atoms with Crippen LogP contribution in [0.3, 0.4) is 0 Å². The Hall–Kier alpha value is -3.62. The van der Waals surface area contributed by atoms with E-state index in [9.17, 15) is 13.4 Å². The summed E-state index contributed by atoms with van der Waals surface area (Å²) in [6.45, 7) is 3.55. The Morgan fingerprint density at radius 1 is 0.914 bits per heavy atom. The fourth-order valence-electron chi connectivity index (χ4n) is 4.21. The Morgan fingerprint density at radius 3 is 2.37 bits per heavy atom. The maximum atomic E-state index is 13.1. The van der Waals surface area contributed by atoms with Crippen molar-refractivity contribution in [3.05, 3.63) is 102 Å². The summed E-state index contributed by atoms with van der Waals surface area (Å²) in [5, 5.41) is 0.929. The molecular weight excluding hydrogens is 463 g/mol. The molecule has 1 aliphatic rings. The zero-order valence-electron chi connectivity index (χ0n) is 19.1. The van der Waals surface area contributed by atoms with Crippen LogP contribution in [-0.4, -0.2) is 51.1 Å². The fraction of sp³-hybridized carbons (Fsp3) is 0.185. The number of nitrogens with one attached hydrogen (secondary N) is 1. The predicted molar refractivity (Wildman–Crippen MR) is 136 cm³/mol. The number of para-hydroxylation sites is 1. The molecule has 1 aliphatic heterocycles. The normalized spacial score (nSPS) is 15.2. The average molecular weight is 489 g/mol. The molecule has 6 nitrogen and oxygen atoms in total. The highest BCUT2D eigenvalue weighted by Gasteiger charge is 2.22. The van der Waals surface area contributed by atoms with Crippen LogP contribution in [0.4, 0.5) is 10.1 Å². The molecule has 1 aromatic heterocycles. The first-order valence-electron chi connectivity index (χ1n) is 11.5. The van der Waals surface area contributed by atoms with Crippen molar-refractivity contribution in [2.45, 2.75) is 11.4 Å². The molecule has 0 bridgehead atoms. The van der Waals surface area contributed by atoms with Gasteiger partial charge in [-0.2, -0.15) is 0 Å². The summed E-state index contributed by atoms with van der Waals surface area (Å²) < 4.78 is 29.0. The number of amides is 1. The third-order valence-electron chi connectivity index (χ3n) is 6.12. The molecule has 1 fully saturated rings. The summed E-state index contributed by atoms with van der Waals surface area (Å²) in [6.07, 6.45) is 1.69. The maximum absolute atomic E-state index is 13.1. The third kappa shape index (κ3) is 5.39. The number of nitrogens with zero attached hydrogens (tertiary/aromatic N) is 3. The number of fused-ring (bicyclic) bond motifs is 1. The standard InChI is InChI=1S/C27H25FN4O2S/c28-23-10-6-20(7-11-23)19-31-15-17-32(18-16-31)27(33)22-8-12-24(13-9-22)30-35(34)25-5-1-3-21-4-2-14-29-26(21)25/h1-14,30H,15-19H2. The number of aromatic nitrogens is 1. The summed E-state index contributed by atoms with van der Waals surface area (Å²) in [6, 6.07) is 23.0. The average Bonchev–Trinajstić information content (AvgIpc) is 2.90. The minimum absolute atomic E-state index is 0.0163. The van der Waals surface area contributed by atoms with Crippen LogP contribution in [-0.2, 0) is 17.5 Å². The number of anilines is 1. The molecule has 1 unspecified atom stereocenters. The number of carbonyl (C=O) groups is 1. The lowest BCUT2D eigenvalue weighted by molar-refractivity contribution is 0.0628. The molecule has 2 heterocycles. The second-order valence-corrected chi connectivity index (χ2v) is 9.66. The molecule has 1 N–H and O–H groups in total. The summed E-state index contributed by atoms with van der Waals surface area (Å²) in [5.74, 6) is -0.250. The zero-order valence-corrected chi connectivity index (χ0v) is 19.9. The molecule has 35 heavy (non-hydrogen) atoms. The van der Waals surface area contributed by atoms with E-state index in [-0.39, 0.29) is 11.7 Å². The van der Waals surface area contributed by atoms with Gasteiger partial charge in [-0.25, -0.2) is 8.60 Å². The highest BCUT2D eigenvalue weighted by atomic mass is 32.2. The highest BCUT2D eigenvalue weighted by molar-refractivity contribution is 7.86. The lowest BCUT2D eigenvalue weighted by atomic mass is 10.1. The van der Waals surface area contributed by atoms with Crippen LogP contribution in [0.15, 0.2) is 90.0 Å². The van der Waals surface area contributed by atoms with E-state index in [1.54, 1.807) is 48.7 Å². The SMILES string of the molecule is O=C(c1ccc(NS(=O)c2cccc3cccnc23)cc1)N1CCN(Cc2ccc(F)cc2)CC1. The Balaban J connectivity index is 1.18. The van der Waals surface area contributed by atoms with Gasteiger partial charge in [0.25, 0.3) is 5.91 Å². The first kappa shape index (κ1) is 23.1.